The van der Waals surface area contributed by atoms with Crippen molar-refractivity contribution in [3.63, 3.8) is 0 Å². The molecule has 0 aliphatic carbocycles. The van der Waals surface area contributed by atoms with Crippen LogP contribution >= 0.6 is 33.9 Å². The Kier molecular flexibility index (Phi) is 5.77. The lowest BCUT2D eigenvalue weighted by Gasteiger charge is -2.09. The maximum absolute atomic E-state index is 4.73. The van der Waals surface area contributed by atoms with Crippen molar-refractivity contribution in [1.82, 2.24) is 14.2 Å². The summed E-state index contributed by atoms with van der Waals surface area (Å²) >= 11 is 3.89. The molecule has 0 saturated carbocycles. The summed E-state index contributed by atoms with van der Waals surface area (Å²) in [6.45, 7) is 6.28. The van der Waals surface area contributed by atoms with Crippen molar-refractivity contribution in [2.45, 2.75) is 20.8 Å². The average Bonchev–Trinajstić information content (AvgIpc) is 3.20. The minimum atomic E-state index is 0.815. The molecule has 0 saturated heterocycles. The quantitative estimate of drug-likeness (QED) is 0.267. The number of aryl methyl sites for hydroxylation is 2. The smallest absolute Gasteiger partial charge is 0.211 e. The van der Waals surface area contributed by atoms with Gasteiger partial charge in [0, 0.05) is 37.8 Å². The number of pyridine rings is 1. The van der Waals surface area contributed by atoms with Crippen molar-refractivity contribution in [3.8, 4) is 5.69 Å². The maximum atomic E-state index is 4.73. The normalized spacial score (nSPS) is 12.2. The minimum Gasteiger partial charge on any atom is -0.318 e. The van der Waals surface area contributed by atoms with E-state index in [1.807, 2.05) is 29.9 Å². The summed E-state index contributed by atoms with van der Waals surface area (Å²) in [5.74, 6) is 0. The van der Waals surface area contributed by atoms with Gasteiger partial charge < -0.3 is 4.57 Å². The Morgan fingerprint density at radius 3 is 2.59 bits per heavy atom. The number of rotatable bonds is 4. The zero-order valence-corrected chi connectivity index (χ0v) is 19.3. The maximum Gasteiger partial charge on any atom is 0.211 e. The van der Waals surface area contributed by atoms with Gasteiger partial charge in [-0.15, -0.1) is 11.3 Å². The second-order valence-corrected chi connectivity index (χ2v) is 8.76. The molecule has 0 aliphatic rings. The van der Waals surface area contributed by atoms with Crippen LogP contribution < -0.4 is 4.80 Å². The molecule has 5 nitrogen and oxygen atoms in total. The van der Waals surface area contributed by atoms with E-state index in [1.165, 1.54) is 9.26 Å². The molecule has 1 aromatic carbocycles. The second-order valence-electron chi connectivity index (χ2n) is 6.68. The first kappa shape index (κ1) is 19.8. The van der Waals surface area contributed by atoms with Crippen LogP contribution in [-0.4, -0.2) is 20.4 Å². The van der Waals surface area contributed by atoms with Crippen LogP contribution in [-0.2, 0) is 0 Å². The number of thiazole rings is 1. The highest BCUT2D eigenvalue weighted by Gasteiger charge is 2.10. The third-order valence-electron chi connectivity index (χ3n) is 4.59. The van der Waals surface area contributed by atoms with E-state index < -0.39 is 0 Å². The Bertz CT molecular complexity index is 1230. The van der Waals surface area contributed by atoms with E-state index in [2.05, 4.69) is 86.7 Å². The van der Waals surface area contributed by atoms with Crippen molar-refractivity contribution < 1.29 is 0 Å². The molecular formula is C22H20IN5S. The van der Waals surface area contributed by atoms with E-state index in [9.17, 15) is 0 Å². The Labute approximate surface area is 187 Å². The Hall–Kier alpha value is -2.52. The summed E-state index contributed by atoms with van der Waals surface area (Å²) in [5.41, 5.74) is 6.44. The molecule has 0 fully saturated rings. The van der Waals surface area contributed by atoms with Crippen molar-refractivity contribution in [3.05, 3.63) is 91.3 Å². The van der Waals surface area contributed by atoms with E-state index in [0.717, 1.165) is 33.1 Å². The fraction of sp³-hybridized carbons (Fsp3) is 0.136. The van der Waals surface area contributed by atoms with Crippen LogP contribution in [0.25, 0.3) is 5.69 Å². The van der Waals surface area contributed by atoms with Gasteiger partial charge in [0.2, 0.25) is 4.80 Å². The molecule has 0 spiro atoms. The van der Waals surface area contributed by atoms with Crippen LogP contribution in [0, 0.1) is 24.3 Å². The van der Waals surface area contributed by atoms with Crippen molar-refractivity contribution >= 4 is 45.8 Å². The highest BCUT2D eigenvalue weighted by atomic mass is 127. The predicted molar refractivity (Wildman–Crippen MR) is 127 cm³/mol. The standard InChI is InChI=1S/C22H20IN5S/c1-15-11-18(17(3)27(15)21-8-6-19(23)7-9-21)12-25-28-16(2)14-29-22(28)26-20-5-4-10-24-13-20/h4-14H,1-3H3. The Morgan fingerprint density at radius 1 is 1.07 bits per heavy atom. The second kappa shape index (κ2) is 8.46. The van der Waals surface area contributed by atoms with Gasteiger partial charge in [0.05, 0.1) is 23.8 Å². The number of halogens is 1. The average molecular weight is 513 g/mol. The van der Waals surface area contributed by atoms with Crippen LogP contribution in [0.15, 0.2) is 70.3 Å². The van der Waals surface area contributed by atoms with Gasteiger partial charge in [-0.05, 0) is 85.8 Å². The van der Waals surface area contributed by atoms with E-state index in [0.29, 0.717) is 0 Å². The first-order valence-corrected chi connectivity index (χ1v) is 11.1. The van der Waals surface area contributed by atoms with Crippen molar-refractivity contribution in [2.24, 2.45) is 10.1 Å². The zero-order valence-electron chi connectivity index (χ0n) is 16.4. The fourth-order valence-corrected chi connectivity index (χ4v) is 4.34. The lowest BCUT2D eigenvalue weighted by molar-refractivity contribution is 0.809. The summed E-state index contributed by atoms with van der Waals surface area (Å²) < 4.78 is 5.35. The molecule has 0 N–H and O–H groups in total. The summed E-state index contributed by atoms with van der Waals surface area (Å²) in [5, 5.41) is 6.79. The van der Waals surface area contributed by atoms with Crippen LogP contribution in [0.1, 0.15) is 22.6 Å². The lowest BCUT2D eigenvalue weighted by atomic mass is 10.2. The van der Waals surface area contributed by atoms with Gasteiger partial charge in [0.25, 0.3) is 0 Å². The summed E-state index contributed by atoms with van der Waals surface area (Å²) in [7, 11) is 0. The third-order valence-corrected chi connectivity index (χ3v) is 6.24. The highest BCUT2D eigenvalue weighted by molar-refractivity contribution is 14.1. The van der Waals surface area contributed by atoms with E-state index >= 15 is 0 Å². The molecule has 4 rings (SSSR count). The molecule has 3 heterocycles. The van der Waals surface area contributed by atoms with Crippen LogP contribution in [0.3, 0.4) is 0 Å². The monoisotopic (exact) mass is 513 g/mol. The molecule has 0 aliphatic heterocycles. The summed E-state index contributed by atoms with van der Waals surface area (Å²) in [6.07, 6.45) is 5.40. The van der Waals surface area contributed by atoms with Crippen LogP contribution in [0.5, 0.6) is 0 Å². The first-order chi connectivity index (χ1) is 14.0. The molecule has 0 atom stereocenters. The molecule has 0 radical (unpaired) electrons. The number of hydrogen-bond donors (Lipinski definition) is 0. The first-order valence-electron chi connectivity index (χ1n) is 9.14. The van der Waals surface area contributed by atoms with Gasteiger partial charge in [0.1, 0.15) is 0 Å². The fourth-order valence-electron chi connectivity index (χ4n) is 3.16. The molecule has 146 valence electrons. The number of benzene rings is 1. The van der Waals surface area contributed by atoms with E-state index in [-0.39, 0.29) is 0 Å². The molecular weight excluding hydrogens is 493 g/mol. The van der Waals surface area contributed by atoms with Crippen molar-refractivity contribution in [2.75, 3.05) is 0 Å². The Morgan fingerprint density at radius 2 is 1.86 bits per heavy atom. The molecule has 7 heteroatoms. The van der Waals surface area contributed by atoms with E-state index in [1.54, 1.807) is 23.7 Å². The lowest BCUT2D eigenvalue weighted by Crippen LogP contribution is -2.11. The largest absolute Gasteiger partial charge is 0.318 e. The van der Waals surface area contributed by atoms with Crippen LogP contribution in [0.4, 0.5) is 5.69 Å². The highest BCUT2D eigenvalue weighted by Crippen LogP contribution is 2.20. The molecule has 3 aromatic heterocycles. The number of aromatic nitrogens is 3. The minimum absolute atomic E-state index is 0.815. The topological polar surface area (TPSA) is 47.5 Å². The molecule has 0 bridgehead atoms. The molecule has 29 heavy (non-hydrogen) atoms. The van der Waals surface area contributed by atoms with E-state index in [4.69, 9.17) is 5.10 Å². The van der Waals surface area contributed by atoms with Gasteiger partial charge >= 0.3 is 0 Å². The SMILES string of the molecule is Cc1cc(C=Nn2c(C)csc2=Nc2cccnc2)c(C)n1-c1ccc(I)cc1. The number of hydrogen-bond acceptors (Lipinski definition) is 4. The molecule has 0 amide bonds. The number of nitrogens with zero attached hydrogens (tertiary/aromatic N) is 5. The zero-order chi connectivity index (χ0) is 20.4. The Balaban J connectivity index is 1.71. The summed E-state index contributed by atoms with van der Waals surface area (Å²) in [4.78, 5) is 9.62. The van der Waals surface area contributed by atoms with Gasteiger partial charge in [-0.3, -0.25) is 4.98 Å². The van der Waals surface area contributed by atoms with Gasteiger partial charge in [0.15, 0.2) is 0 Å². The van der Waals surface area contributed by atoms with Crippen LogP contribution in [0.2, 0.25) is 0 Å². The van der Waals surface area contributed by atoms with Gasteiger partial charge in [-0.1, -0.05) is 0 Å². The molecule has 0 unspecified atom stereocenters. The molecule has 4 aromatic rings. The third kappa shape index (κ3) is 4.25. The van der Waals surface area contributed by atoms with Crippen molar-refractivity contribution in [1.29, 1.82) is 0 Å². The predicted octanol–water partition coefficient (Wildman–Crippen LogP) is 5.38. The van der Waals surface area contributed by atoms with Gasteiger partial charge in [-0.25, -0.2) is 9.67 Å². The van der Waals surface area contributed by atoms with Gasteiger partial charge in [-0.2, -0.15) is 5.10 Å². The summed E-state index contributed by atoms with van der Waals surface area (Å²) in [6, 6.07) is 14.5.